The first kappa shape index (κ1) is 7.56. The number of hydrogen-bond donors (Lipinski definition) is 0. The summed E-state index contributed by atoms with van der Waals surface area (Å²) in [5, 5.41) is 8.42. The summed E-state index contributed by atoms with van der Waals surface area (Å²) < 4.78 is 5.41. The van der Waals surface area contributed by atoms with Crippen LogP contribution in [-0.4, -0.2) is 12.7 Å². The summed E-state index contributed by atoms with van der Waals surface area (Å²) in [5.41, 5.74) is 0. The van der Waals surface area contributed by atoms with E-state index in [-0.39, 0.29) is 5.92 Å². The fourth-order valence-electron chi connectivity index (χ4n) is 1.09. The van der Waals surface area contributed by atoms with Gasteiger partial charge in [0, 0.05) is 6.61 Å². The number of hydrogen-bond acceptors (Lipinski definition) is 2. The van der Waals surface area contributed by atoms with E-state index >= 15 is 0 Å². The fourth-order valence-corrected chi connectivity index (χ4v) is 1.09. The first-order valence-corrected chi connectivity index (χ1v) is 3.88. The molecule has 2 nitrogen and oxygen atoms in total. The molecule has 0 N–H and O–H groups in total. The maximum Gasteiger partial charge on any atom is 0.0657 e. The molecule has 1 rings (SSSR count). The van der Waals surface area contributed by atoms with E-state index in [1.807, 2.05) is 0 Å². The van der Waals surface area contributed by atoms with Crippen LogP contribution < -0.4 is 0 Å². The second-order valence-electron chi connectivity index (χ2n) is 2.79. The van der Waals surface area contributed by atoms with Gasteiger partial charge in [-0.05, 0) is 19.3 Å². The summed E-state index contributed by atoms with van der Waals surface area (Å²) in [5.74, 6) is 0.279. The Morgan fingerprint density at radius 3 is 2.80 bits per heavy atom. The third kappa shape index (κ3) is 1.71. The van der Waals surface area contributed by atoms with E-state index in [1.54, 1.807) is 0 Å². The summed E-state index contributed by atoms with van der Waals surface area (Å²) in [6.45, 7) is 2.95. The van der Waals surface area contributed by atoms with Crippen molar-refractivity contribution in [2.24, 2.45) is 5.92 Å². The zero-order valence-electron chi connectivity index (χ0n) is 6.34. The molecule has 0 radical (unpaired) electrons. The summed E-state index contributed by atoms with van der Waals surface area (Å²) >= 11 is 0. The highest BCUT2D eigenvalue weighted by molar-refractivity contribution is 4.94. The number of ether oxygens (including phenoxy) is 1. The molecule has 0 bridgehead atoms. The number of nitrogens with zero attached hydrogens (tertiary/aromatic N) is 1. The molecular weight excluding hydrogens is 126 g/mol. The second-order valence-corrected chi connectivity index (χ2v) is 2.79. The molecule has 2 heteroatoms. The number of rotatable bonds is 3. The maximum atomic E-state index is 8.42. The van der Waals surface area contributed by atoms with Crippen LogP contribution in [0.15, 0.2) is 0 Å². The topological polar surface area (TPSA) is 33.0 Å². The zero-order chi connectivity index (χ0) is 7.40. The van der Waals surface area contributed by atoms with Crippen LogP contribution in [0.3, 0.4) is 0 Å². The average Bonchev–Trinajstić information content (AvgIpc) is 1.86. The molecule has 0 saturated heterocycles. The minimum absolute atomic E-state index is 0.279. The van der Waals surface area contributed by atoms with Gasteiger partial charge in [0.15, 0.2) is 0 Å². The molecule has 56 valence electrons. The summed E-state index contributed by atoms with van der Waals surface area (Å²) in [4.78, 5) is 0. The molecule has 0 unspecified atom stereocenters. The van der Waals surface area contributed by atoms with Gasteiger partial charge >= 0.3 is 0 Å². The van der Waals surface area contributed by atoms with Crippen molar-refractivity contribution in [2.75, 3.05) is 6.61 Å². The summed E-state index contributed by atoms with van der Waals surface area (Å²) in [6.07, 6.45) is 3.38. The molecule has 0 spiro atoms. The van der Waals surface area contributed by atoms with Gasteiger partial charge in [0.25, 0.3) is 0 Å². The van der Waals surface area contributed by atoms with Crippen LogP contribution in [0.5, 0.6) is 0 Å². The van der Waals surface area contributed by atoms with E-state index in [1.165, 1.54) is 0 Å². The van der Waals surface area contributed by atoms with Crippen LogP contribution in [0.2, 0.25) is 0 Å². The van der Waals surface area contributed by atoms with E-state index in [9.17, 15) is 0 Å². The third-order valence-electron chi connectivity index (χ3n) is 1.84. The van der Waals surface area contributed by atoms with Crippen molar-refractivity contribution in [3.05, 3.63) is 0 Å². The highest BCUT2D eigenvalue weighted by Gasteiger charge is 2.29. The Kier molecular flexibility index (Phi) is 2.70. The largest absolute Gasteiger partial charge is 0.378 e. The van der Waals surface area contributed by atoms with Crippen molar-refractivity contribution in [3.8, 4) is 6.07 Å². The maximum absolute atomic E-state index is 8.42. The van der Waals surface area contributed by atoms with Gasteiger partial charge in [-0.25, -0.2) is 0 Å². The zero-order valence-corrected chi connectivity index (χ0v) is 6.34. The standard InChI is InChI=1S/C8H13NO/c1-2-3-10-8-4-7(5-8)6-9/h7-8H,2-5H2,1H3. The minimum atomic E-state index is 0.279. The lowest BCUT2D eigenvalue weighted by Gasteiger charge is -2.30. The van der Waals surface area contributed by atoms with Gasteiger partial charge < -0.3 is 4.74 Å². The first-order chi connectivity index (χ1) is 4.86. The van der Waals surface area contributed by atoms with Gasteiger partial charge in [-0.1, -0.05) is 6.92 Å². The third-order valence-corrected chi connectivity index (χ3v) is 1.84. The predicted octanol–water partition coefficient (Wildman–Crippen LogP) is 1.72. The lowest BCUT2D eigenvalue weighted by atomic mass is 9.83. The van der Waals surface area contributed by atoms with Crippen LogP contribution in [0.4, 0.5) is 0 Å². The van der Waals surface area contributed by atoms with Gasteiger partial charge in [-0.2, -0.15) is 5.26 Å². The van der Waals surface area contributed by atoms with Crippen LogP contribution >= 0.6 is 0 Å². The van der Waals surface area contributed by atoms with Crippen molar-refractivity contribution in [2.45, 2.75) is 32.3 Å². The van der Waals surface area contributed by atoms with E-state index in [4.69, 9.17) is 10.00 Å². The Labute approximate surface area is 61.8 Å². The van der Waals surface area contributed by atoms with Gasteiger partial charge in [-0.3, -0.25) is 0 Å². The Hall–Kier alpha value is -0.550. The quantitative estimate of drug-likeness (QED) is 0.596. The summed E-state index contributed by atoms with van der Waals surface area (Å²) in [7, 11) is 0. The van der Waals surface area contributed by atoms with E-state index in [0.717, 1.165) is 25.9 Å². The molecule has 0 heterocycles. The minimum Gasteiger partial charge on any atom is -0.378 e. The highest BCUT2D eigenvalue weighted by Crippen LogP contribution is 2.28. The van der Waals surface area contributed by atoms with Crippen LogP contribution in [-0.2, 0) is 4.74 Å². The lowest BCUT2D eigenvalue weighted by Crippen LogP contribution is -2.30. The van der Waals surface area contributed by atoms with Gasteiger partial charge in [0.05, 0.1) is 18.1 Å². The van der Waals surface area contributed by atoms with Gasteiger partial charge in [0.2, 0.25) is 0 Å². The van der Waals surface area contributed by atoms with Gasteiger partial charge in [-0.15, -0.1) is 0 Å². The predicted molar refractivity (Wildman–Crippen MR) is 38.4 cm³/mol. The van der Waals surface area contributed by atoms with E-state index in [2.05, 4.69) is 13.0 Å². The molecule has 0 atom stereocenters. The van der Waals surface area contributed by atoms with E-state index in [0.29, 0.717) is 6.10 Å². The molecule has 0 amide bonds. The second kappa shape index (κ2) is 3.58. The Bertz CT molecular complexity index is 133. The fraction of sp³-hybridized carbons (Fsp3) is 0.875. The SMILES string of the molecule is CCCOC1CC(C#N)C1. The van der Waals surface area contributed by atoms with Crippen molar-refractivity contribution in [3.63, 3.8) is 0 Å². The number of nitriles is 1. The summed E-state index contributed by atoms with van der Waals surface area (Å²) in [6, 6.07) is 2.23. The first-order valence-electron chi connectivity index (χ1n) is 3.88. The highest BCUT2D eigenvalue weighted by atomic mass is 16.5. The molecule has 1 saturated carbocycles. The van der Waals surface area contributed by atoms with Crippen LogP contribution in [0.25, 0.3) is 0 Å². The van der Waals surface area contributed by atoms with Crippen LogP contribution in [0, 0.1) is 17.2 Å². The molecule has 0 aromatic heterocycles. The van der Waals surface area contributed by atoms with Crippen molar-refractivity contribution in [1.82, 2.24) is 0 Å². The smallest absolute Gasteiger partial charge is 0.0657 e. The average molecular weight is 139 g/mol. The molecule has 0 aliphatic heterocycles. The molecule has 0 aromatic carbocycles. The normalized spacial score (nSPS) is 30.8. The monoisotopic (exact) mass is 139 g/mol. The lowest BCUT2D eigenvalue weighted by molar-refractivity contribution is -0.0157. The van der Waals surface area contributed by atoms with Crippen molar-refractivity contribution in [1.29, 1.82) is 5.26 Å². The van der Waals surface area contributed by atoms with Gasteiger partial charge in [0.1, 0.15) is 0 Å². The van der Waals surface area contributed by atoms with Crippen molar-refractivity contribution >= 4 is 0 Å². The van der Waals surface area contributed by atoms with E-state index < -0.39 is 0 Å². The molecular formula is C8H13NO. The Balaban J connectivity index is 1.99. The van der Waals surface area contributed by atoms with Crippen LogP contribution in [0.1, 0.15) is 26.2 Å². The molecule has 10 heavy (non-hydrogen) atoms. The molecule has 1 fully saturated rings. The molecule has 1 aliphatic rings. The molecule has 0 aromatic rings. The Morgan fingerprint density at radius 1 is 1.60 bits per heavy atom. The van der Waals surface area contributed by atoms with Crippen molar-refractivity contribution < 1.29 is 4.74 Å². The Morgan fingerprint density at radius 2 is 2.30 bits per heavy atom. The molecule has 1 aliphatic carbocycles.